The molecule has 0 atom stereocenters. The van der Waals surface area contributed by atoms with Gasteiger partial charge < -0.3 is 10.0 Å². The molecular formula is C13H16FNO2. The first-order valence-corrected chi connectivity index (χ1v) is 5.88. The summed E-state index contributed by atoms with van der Waals surface area (Å²) in [5.74, 6) is -0.714. The van der Waals surface area contributed by atoms with Crippen LogP contribution in [0.2, 0.25) is 0 Å². The Labute approximate surface area is 99.9 Å². The van der Waals surface area contributed by atoms with Gasteiger partial charge in [-0.25, -0.2) is 4.39 Å². The van der Waals surface area contributed by atoms with Gasteiger partial charge in [0.2, 0.25) is 0 Å². The highest BCUT2D eigenvalue weighted by molar-refractivity contribution is 5.67. The zero-order chi connectivity index (χ0) is 12.3. The van der Waals surface area contributed by atoms with Crippen LogP contribution in [0, 0.1) is 11.7 Å². The lowest BCUT2D eigenvalue weighted by molar-refractivity contribution is -0.138. The van der Waals surface area contributed by atoms with Crippen molar-refractivity contribution in [2.24, 2.45) is 5.92 Å². The van der Waals surface area contributed by atoms with Crippen molar-refractivity contribution >= 4 is 11.7 Å². The van der Waals surface area contributed by atoms with Crippen molar-refractivity contribution in [3.8, 4) is 0 Å². The molecule has 1 heterocycles. The van der Waals surface area contributed by atoms with Gasteiger partial charge in [0.25, 0.3) is 0 Å². The maximum atomic E-state index is 13.5. The minimum atomic E-state index is -0.741. The van der Waals surface area contributed by atoms with Crippen LogP contribution in [0.1, 0.15) is 19.3 Å². The Morgan fingerprint density at radius 1 is 1.35 bits per heavy atom. The lowest BCUT2D eigenvalue weighted by Crippen LogP contribution is -2.34. The number of carboxylic acid groups (broad SMARTS) is 1. The zero-order valence-corrected chi connectivity index (χ0v) is 9.60. The van der Waals surface area contributed by atoms with Crippen molar-refractivity contribution < 1.29 is 14.3 Å². The van der Waals surface area contributed by atoms with Crippen LogP contribution in [0.25, 0.3) is 0 Å². The average molecular weight is 237 g/mol. The predicted molar refractivity (Wildman–Crippen MR) is 63.6 cm³/mol. The van der Waals surface area contributed by atoms with E-state index >= 15 is 0 Å². The Balaban J connectivity index is 1.95. The number of nitrogens with zero attached hydrogens (tertiary/aromatic N) is 1. The Morgan fingerprint density at radius 3 is 2.59 bits per heavy atom. The van der Waals surface area contributed by atoms with E-state index in [2.05, 4.69) is 0 Å². The molecule has 0 amide bonds. The van der Waals surface area contributed by atoms with Crippen LogP contribution in [-0.4, -0.2) is 24.2 Å². The van der Waals surface area contributed by atoms with Crippen LogP contribution < -0.4 is 4.90 Å². The topological polar surface area (TPSA) is 40.5 Å². The Hall–Kier alpha value is -1.58. The second-order valence-electron chi connectivity index (χ2n) is 4.48. The van der Waals surface area contributed by atoms with Gasteiger partial charge in [0.15, 0.2) is 0 Å². The summed E-state index contributed by atoms with van der Waals surface area (Å²) < 4.78 is 13.5. The zero-order valence-electron chi connectivity index (χ0n) is 9.60. The first-order chi connectivity index (χ1) is 8.16. The second kappa shape index (κ2) is 5.17. The van der Waals surface area contributed by atoms with Gasteiger partial charge in [-0.15, -0.1) is 0 Å². The van der Waals surface area contributed by atoms with Crippen molar-refractivity contribution in [3.63, 3.8) is 0 Å². The van der Waals surface area contributed by atoms with Gasteiger partial charge in [0.05, 0.1) is 5.69 Å². The number of halogens is 1. The van der Waals surface area contributed by atoms with E-state index < -0.39 is 5.97 Å². The molecule has 0 saturated carbocycles. The van der Waals surface area contributed by atoms with E-state index in [9.17, 15) is 9.18 Å². The van der Waals surface area contributed by atoms with Crippen LogP contribution in [0.15, 0.2) is 24.3 Å². The summed E-state index contributed by atoms with van der Waals surface area (Å²) >= 11 is 0. The molecule has 0 aliphatic carbocycles. The van der Waals surface area contributed by atoms with E-state index in [-0.39, 0.29) is 18.2 Å². The standard InChI is InChI=1S/C13H16FNO2/c14-11-3-1-2-4-12(11)15-7-5-10(6-8-15)9-13(16)17/h1-4,10H,5-9H2,(H,16,17). The third-order valence-corrected chi connectivity index (χ3v) is 3.27. The fourth-order valence-electron chi connectivity index (χ4n) is 2.33. The van der Waals surface area contributed by atoms with E-state index in [0.29, 0.717) is 5.69 Å². The van der Waals surface area contributed by atoms with Crippen molar-refractivity contribution in [1.82, 2.24) is 0 Å². The Kier molecular flexibility index (Phi) is 3.61. The SMILES string of the molecule is O=C(O)CC1CCN(c2ccccc2F)CC1. The predicted octanol–water partition coefficient (Wildman–Crippen LogP) is 2.52. The Morgan fingerprint density at radius 2 is 2.00 bits per heavy atom. The van der Waals surface area contributed by atoms with Gasteiger partial charge in [0, 0.05) is 19.5 Å². The van der Waals surface area contributed by atoms with Crippen LogP contribution >= 0.6 is 0 Å². The van der Waals surface area contributed by atoms with Gasteiger partial charge in [-0.1, -0.05) is 12.1 Å². The molecule has 0 aromatic heterocycles. The molecule has 0 bridgehead atoms. The number of aliphatic carboxylic acids is 1. The molecule has 1 aliphatic heterocycles. The van der Waals surface area contributed by atoms with Gasteiger partial charge in [-0.2, -0.15) is 0 Å². The molecule has 92 valence electrons. The molecule has 17 heavy (non-hydrogen) atoms. The van der Waals surface area contributed by atoms with Gasteiger partial charge in [-0.3, -0.25) is 4.79 Å². The molecule has 0 unspecified atom stereocenters. The molecule has 0 spiro atoms. The molecular weight excluding hydrogens is 221 g/mol. The first-order valence-electron chi connectivity index (χ1n) is 5.88. The molecule has 4 heteroatoms. The average Bonchev–Trinajstić information content (AvgIpc) is 2.30. The van der Waals surface area contributed by atoms with Gasteiger partial charge >= 0.3 is 5.97 Å². The normalized spacial score (nSPS) is 17.1. The number of hydrogen-bond donors (Lipinski definition) is 1. The smallest absolute Gasteiger partial charge is 0.303 e. The molecule has 1 saturated heterocycles. The van der Waals surface area contributed by atoms with Gasteiger partial charge in [-0.05, 0) is 30.9 Å². The highest BCUT2D eigenvalue weighted by atomic mass is 19.1. The summed E-state index contributed by atoms with van der Waals surface area (Å²) in [6.07, 6.45) is 1.87. The quantitative estimate of drug-likeness (QED) is 0.878. The summed E-state index contributed by atoms with van der Waals surface area (Å²) in [5, 5.41) is 8.72. The summed E-state index contributed by atoms with van der Waals surface area (Å²) in [4.78, 5) is 12.6. The minimum Gasteiger partial charge on any atom is -0.481 e. The molecule has 1 aromatic carbocycles. The first kappa shape index (κ1) is 11.9. The summed E-state index contributed by atoms with van der Waals surface area (Å²) in [6, 6.07) is 6.73. The van der Waals surface area contributed by atoms with E-state index in [1.54, 1.807) is 12.1 Å². The molecule has 3 nitrogen and oxygen atoms in total. The van der Waals surface area contributed by atoms with E-state index in [0.717, 1.165) is 25.9 Å². The number of benzene rings is 1. The monoisotopic (exact) mass is 237 g/mol. The minimum absolute atomic E-state index is 0.204. The number of carbonyl (C=O) groups is 1. The van der Waals surface area contributed by atoms with Crippen LogP contribution in [-0.2, 0) is 4.79 Å². The number of piperidine rings is 1. The van der Waals surface area contributed by atoms with Crippen molar-refractivity contribution in [3.05, 3.63) is 30.1 Å². The highest BCUT2D eigenvalue weighted by Crippen LogP contribution is 2.26. The molecule has 1 aliphatic rings. The van der Waals surface area contributed by atoms with Gasteiger partial charge in [0.1, 0.15) is 5.82 Å². The second-order valence-corrected chi connectivity index (χ2v) is 4.48. The number of para-hydroxylation sites is 1. The molecule has 0 radical (unpaired) electrons. The number of anilines is 1. The van der Waals surface area contributed by atoms with Crippen molar-refractivity contribution in [1.29, 1.82) is 0 Å². The maximum Gasteiger partial charge on any atom is 0.303 e. The van der Waals surface area contributed by atoms with Crippen LogP contribution in [0.4, 0.5) is 10.1 Å². The van der Waals surface area contributed by atoms with E-state index in [1.807, 2.05) is 11.0 Å². The van der Waals surface area contributed by atoms with Crippen molar-refractivity contribution in [2.75, 3.05) is 18.0 Å². The molecule has 2 rings (SSSR count). The number of carboxylic acids is 1. The summed E-state index contributed by atoms with van der Waals surface area (Å²) in [6.45, 7) is 1.47. The van der Waals surface area contributed by atoms with Crippen LogP contribution in [0.3, 0.4) is 0 Å². The summed E-state index contributed by atoms with van der Waals surface area (Å²) in [7, 11) is 0. The summed E-state index contributed by atoms with van der Waals surface area (Å²) in [5.41, 5.74) is 0.626. The number of rotatable bonds is 3. The third-order valence-electron chi connectivity index (χ3n) is 3.27. The molecule has 1 N–H and O–H groups in total. The lowest BCUT2D eigenvalue weighted by atomic mass is 9.93. The fraction of sp³-hybridized carbons (Fsp3) is 0.462. The Bertz CT molecular complexity index is 400. The highest BCUT2D eigenvalue weighted by Gasteiger charge is 2.22. The van der Waals surface area contributed by atoms with E-state index in [4.69, 9.17) is 5.11 Å². The van der Waals surface area contributed by atoms with Crippen molar-refractivity contribution in [2.45, 2.75) is 19.3 Å². The molecule has 1 aromatic rings. The molecule has 1 fully saturated rings. The van der Waals surface area contributed by atoms with E-state index in [1.165, 1.54) is 6.07 Å². The maximum absolute atomic E-state index is 13.5. The lowest BCUT2D eigenvalue weighted by Gasteiger charge is -2.33. The fourth-order valence-corrected chi connectivity index (χ4v) is 2.33. The number of hydrogen-bond acceptors (Lipinski definition) is 2. The van der Waals surface area contributed by atoms with Crippen LogP contribution in [0.5, 0.6) is 0 Å². The largest absolute Gasteiger partial charge is 0.481 e. The third kappa shape index (κ3) is 2.96.